The van der Waals surface area contributed by atoms with E-state index in [0.717, 1.165) is 21.2 Å². The van der Waals surface area contributed by atoms with Gasteiger partial charge in [0.25, 0.3) is 5.91 Å². The second-order valence-corrected chi connectivity index (χ2v) is 10.5. The van der Waals surface area contributed by atoms with Crippen LogP contribution >= 0.6 is 11.8 Å². The Morgan fingerprint density at radius 2 is 1.78 bits per heavy atom. The molecule has 1 amide bonds. The van der Waals surface area contributed by atoms with Gasteiger partial charge in [-0.15, -0.1) is 11.8 Å². The number of fused-ring (bicyclic) bond motifs is 1. The molecule has 4 rings (SSSR count). The second-order valence-electron chi connectivity index (χ2n) is 7.46. The second kappa shape index (κ2) is 9.26. The van der Waals surface area contributed by atoms with Crippen LogP contribution in [0.2, 0.25) is 0 Å². The number of carbonyl (C=O) groups is 1. The van der Waals surface area contributed by atoms with Crippen LogP contribution in [0, 0.1) is 0 Å². The van der Waals surface area contributed by atoms with E-state index in [-0.39, 0.29) is 5.91 Å². The summed E-state index contributed by atoms with van der Waals surface area (Å²) < 4.78 is 31.1. The van der Waals surface area contributed by atoms with Crippen LogP contribution in [0.5, 0.6) is 5.75 Å². The van der Waals surface area contributed by atoms with Crippen LogP contribution in [0.3, 0.4) is 0 Å². The van der Waals surface area contributed by atoms with Crippen LogP contribution < -0.4 is 13.9 Å². The van der Waals surface area contributed by atoms with Crippen molar-refractivity contribution >= 4 is 39.1 Å². The molecule has 0 spiro atoms. The van der Waals surface area contributed by atoms with E-state index in [1.807, 2.05) is 36.4 Å². The topological polar surface area (TPSA) is 66.9 Å². The van der Waals surface area contributed by atoms with Gasteiger partial charge in [-0.05, 0) is 35.9 Å². The molecule has 0 N–H and O–H groups in total. The Kier molecular flexibility index (Phi) is 6.43. The van der Waals surface area contributed by atoms with Crippen molar-refractivity contribution in [3.05, 3.63) is 83.9 Å². The van der Waals surface area contributed by atoms with E-state index >= 15 is 0 Å². The number of para-hydroxylation sites is 1. The molecule has 0 bridgehead atoms. The minimum absolute atomic E-state index is 0.259. The molecular weight excluding hydrogens is 444 g/mol. The van der Waals surface area contributed by atoms with E-state index in [4.69, 9.17) is 4.74 Å². The van der Waals surface area contributed by atoms with Crippen molar-refractivity contribution in [2.75, 3.05) is 35.7 Å². The van der Waals surface area contributed by atoms with Crippen molar-refractivity contribution < 1.29 is 17.9 Å². The first-order valence-corrected chi connectivity index (χ1v) is 13.0. The summed E-state index contributed by atoms with van der Waals surface area (Å²) in [5, 5.41) is 0. The van der Waals surface area contributed by atoms with E-state index in [0.29, 0.717) is 35.8 Å². The number of anilines is 2. The Hall–Kier alpha value is -2.97. The summed E-state index contributed by atoms with van der Waals surface area (Å²) in [6.07, 6.45) is 1.12. The summed E-state index contributed by atoms with van der Waals surface area (Å²) in [7, 11) is -2.05. The van der Waals surface area contributed by atoms with E-state index in [1.165, 1.54) is 12.6 Å². The Labute approximate surface area is 192 Å². The highest BCUT2D eigenvalue weighted by Crippen LogP contribution is 2.37. The normalized spacial score (nSPS) is 13.2. The van der Waals surface area contributed by atoms with Gasteiger partial charge in [0.05, 0.1) is 29.7 Å². The van der Waals surface area contributed by atoms with Crippen LogP contribution in [0.15, 0.2) is 77.7 Å². The zero-order valence-corrected chi connectivity index (χ0v) is 19.5. The molecule has 8 heteroatoms. The lowest BCUT2D eigenvalue weighted by molar-refractivity contribution is 0.0977. The molecule has 0 unspecified atom stereocenters. The first kappa shape index (κ1) is 22.2. The fourth-order valence-corrected chi connectivity index (χ4v) is 4.89. The van der Waals surface area contributed by atoms with Gasteiger partial charge in [0.15, 0.2) is 0 Å². The predicted octanol–water partition coefficient (Wildman–Crippen LogP) is 4.41. The van der Waals surface area contributed by atoms with Gasteiger partial charge in [0.2, 0.25) is 10.0 Å². The summed E-state index contributed by atoms with van der Waals surface area (Å²) in [4.78, 5) is 16.2. The molecule has 1 heterocycles. The van der Waals surface area contributed by atoms with Crippen LogP contribution in [0.4, 0.5) is 11.4 Å². The largest absolute Gasteiger partial charge is 0.489 e. The number of nitrogens with zero attached hydrogens (tertiary/aromatic N) is 2. The lowest BCUT2D eigenvalue weighted by Crippen LogP contribution is -2.39. The fourth-order valence-electron chi connectivity index (χ4n) is 3.50. The van der Waals surface area contributed by atoms with E-state index in [9.17, 15) is 13.2 Å². The molecule has 6 nitrogen and oxygen atoms in total. The van der Waals surface area contributed by atoms with E-state index in [2.05, 4.69) is 12.1 Å². The molecule has 166 valence electrons. The first-order valence-electron chi connectivity index (χ1n) is 10.1. The number of rotatable bonds is 6. The summed E-state index contributed by atoms with van der Waals surface area (Å²) in [6, 6.07) is 22.8. The highest BCUT2D eigenvalue weighted by atomic mass is 32.2. The number of thioether (sulfide) groups is 1. The molecular formula is C24H24N2O4S2. The Morgan fingerprint density at radius 3 is 2.53 bits per heavy atom. The summed E-state index contributed by atoms with van der Waals surface area (Å²) >= 11 is 1.70. The van der Waals surface area contributed by atoms with Crippen molar-refractivity contribution in [1.29, 1.82) is 0 Å². The first-order chi connectivity index (χ1) is 15.3. The van der Waals surface area contributed by atoms with Crippen LogP contribution in [-0.2, 0) is 15.8 Å². The number of ether oxygens (including phenoxy) is 1. The van der Waals surface area contributed by atoms with Gasteiger partial charge >= 0.3 is 0 Å². The smallest absolute Gasteiger partial charge is 0.260 e. The standard InChI is InChI=1S/C24H24N2O4S2/c1-25(32(2,28)29)21-11-7-6-10-20(21)24(27)26-14-15-30-23-16-19(12-13-22(23)26)31-17-18-8-4-3-5-9-18/h3-13,16H,14-15,17H2,1-2H3. The molecule has 0 aromatic heterocycles. The average Bonchev–Trinajstić information content (AvgIpc) is 2.81. The van der Waals surface area contributed by atoms with Crippen LogP contribution in [0.1, 0.15) is 15.9 Å². The minimum Gasteiger partial charge on any atom is -0.489 e. The molecule has 3 aromatic rings. The molecule has 1 aliphatic heterocycles. The molecule has 0 saturated heterocycles. The third-order valence-corrected chi connectivity index (χ3v) is 7.52. The highest BCUT2D eigenvalue weighted by molar-refractivity contribution is 7.98. The van der Waals surface area contributed by atoms with Crippen molar-refractivity contribution in [1.82, 2.24) is 0 Å². The van der Waals surface area contributed by atoms with E-state index in [1.54, 1.807) is 40.9 Å². The molecule has 32 heavy (non-hydrogen) atoms. The van der Waals surface area contributed by atoms with Gasteiger partial charge in [-0.1, -0.05) is 42.5 Å². The third kappa shape index (κ3) is 4.76. The zero-order valence-electron chi connectivity index (χ0n) is 17.9. The Bertz CT molecular complexity index is 1230. The summed E-state index contributed by atoms with van der Waals surface area (Å²) in [6.45, 7) is 0.759. The van der Waals surface area contributed by atoms with Crippen molar-refractivity contribution in [2.45, 2.75) is 10.6 Å². The maximum Gasteiger partial charge on any atom is 0.260 e. The van der Waals surface area contributed by atoms with Gasteiger partial charge in [0, 0.05) is 17.7 Å². The SMILES string of the molecule is CN(c1ccccc1C(=O)N1CCOc2cc(SCc3ccccc3)ccc21)S(C)(=O)=O. The molecule has 0 atom stereocenters. The molecule has 0 fully saturated rings. The van der Waals surface area contributed by atoms with Gasteiger partial charge < -0.3 is 9.64 Å². The number of hydrogen-bond donors (Lipinski definition) is 0. The van der Waals surface area contributed by atoms with Gasteiger partial charge in [0.1, 0.15) is 12.4 Å². The number of carbonyl (C=O) groups excluding carboxylic acids is 1. The van der Waals surface area contributed by atoms with Crippen molar-refractivity contribution in [2.24, 2.45) is 0 Å². The number of hydrogen-bond acceptors (Lipinski definition) is 5. The average molecular weight is 469 g/mol. The molecule has 1 aliphatic rings. The van der Waals surface area contributed by atoms with Gasteiger partial charge in [-0.2, -0.15) is 0 Å². The zero-order chi connectivity index (χ0) is 22.7. The lowest BCUT2D eigenvalue weighted by Gasteiger charge is -2.31. The maximum absolute atomic E-state index is 13.5. The number of benzene rings is 3. The number of sulfonamides is 1. The fraction of sp³-hybridized carbons (Fsp3) is 0.208. The highest BCUT2D eigenvalue weighted by Gasteiger charge is 2.28. The van der Waals surface area contributed by atoms with E-state index < -0.39 is 10.0 Å². The molecule has 0 radical (unpaired) electrons. The molecule has 0 aliphatic carbocycles. The molecule has 0 saturated carbocycles. The minimum atomic E-state index is -3.50. The van der Waals surface area contributed by atoms with Gasteiger partial charge in [-0.25, -0.2) is 8.42 Å². The van der Waals surface area contributed by atoms with Crippen molar-refractivity contribution in [3.63, 3.8) is 0 Å². The molecule has 3 aromatic carbocycles. The maximum atomic E-state index is 13.5. The monoisotopic (exact) mass is 468 g/mol. The summed E-state index contributed by atoms with van der Waals surface area (Å²) in [5.74, 6) is 1.23. The quantitative estimate of drug-likeness (QED) is 0.501. The van der Waals surface area contributed by atoms with Gasteiger partial charge in [-0.3, -0.25) is 9.10 Å². The van der Waals surface area contributed by atoms with Crippen molar-refractivity contribution in [3.8, 4) is 5.75 Å². The number of amides is 1. The van der Waals surface area contributed by atoms with Crippen LogP contribution in [-0.4, -0.2) is 40.8 Å². The third-order valence-electron chi connectivity index (χ3n) is 5.26. The Morgan fingerprint density at radius 1 is 1.06 bits per heavy atom. The van der Waals surface area contributed by atoms with Crippen LogP contribution in [0.25, 0.3) is 0 Å². The lowest BCUT2D eigenvalue weighted by atomic mass is 10.1. The predicted molar refractivity (Wildman–Crippen MR) is 129 cm³/mol. The summed E-state index contributed by atoms with van der Waals surface area (Å²) in [5.41, 5.74) is 2.60. The Balaban J connectivity index is 1.59.